The first-order valence-corrected chi connectivity index (χ1v) is 14.8. The number of rotatable bonds is 0. The SMILES string of the molecule is [2H]C#CC#CC#CC#CC#CC#CC#CC#CC#CC#CC#CC#CC#CC#CC#CC#CC#CC#CC#CC#CC#CC#CC#CC#CC#CC#CC#CC#CC#CC#C. The van der Waals surface area contributed by atoms with Crippen molar-refractivity contribution in [3.63, 3.8) is 0 Å². The first-order chi connectivity index (χ1) is 30.4. The van der Waals surface area contributed by atoms with Crippen LogP contribution in [0.1, 0.15) is 1.37 Å². The largest absolute Gasteiger partial charge is 0.125 e. The lowest BCUT2D eigenvalue weighted by Crippen LogP contribution is -1.57. The predicted octanol–water partition coefficient (Wildman–Crippen LogP) is 0.348. The maximum atomic E-state index is 6.57. The first-order valence-electron chi connectivity index (χ1n) is 15.3. The van der Waals surface area contributed by atoms with Gasteiger partial charge in [0.05, 0.1) is 0 Å². The van der Waals surface area contributed by atoms with Gasteiger partial charge in [-0.05, 0) is 94.7 Å². The summed E-state index contributed by atoms with van der Waals surface area (Å²) in [5.41, 5.74) is 0. The average Bonchev–Trinajstić information content (AvgIpc) is 3.27. The predicted molar refractivity (Wildman–Crippen MR) is 235 cm³/mol. The Labute approximate surface area is 356 Å². The summed E-state index contributed by atoms with van der Waals surface area (Å²) in [4.78, 5) is 0. The summed E-state index contributed by atoms with van der Waals surface area (Å²) in [5, 5.41) is 0. The second-order valence-electron chi connectivity index (χ2n) is 7.27. The lowest BCUT2D eigenvalue weighted by molar-refractivity contribution is 2.31. The molecule has 0 nitrogen and oxygen atoms in total. The molecule has 0 bridgehead atoms. The number of hydrogen-bond acceptors (Lipinski definition) is 0. The van der Waals surface area contributed by atoms with Gasteiger partial charge < -0.3 is 0 Å². The second-order valence-corrected chi connectivity index (χ2v) is 7.27. The molecular formula is C60H2. The molecule has 0 aromatic heterocycles. The fraction of sp³-hybridized carbons (Fsp3) is 0. The molecule has 0 aromatic carbocycles. The zero-order valence-corrected chi connectivity index (χ0v) is 30.1. The van der Waals surface area contributed by atoms with Gasteiger partial charge in [-0.25, -0.2) is 0 Å². The van der Waals surface area contributed by atoms with Gasteiger partial charge in [0.15, 0.2) is 0 Å². The minimum atomic E-state index is 1.87. The van der Waals surface area contributed by atoms with E-state index in [9.17, 15) is 0 Å². The van der Waals surface area contributed by atoms with Crippen molar-refractivity contribution in [3.05, 3.63) is 0 Å². The Hall–Kier alpha value is -13.2. The van der Waals surface area contributed by atoms with Crippen molar-refractivity contribution in [2.75, 3.05) is 0 Å². The van der Waals surface area contributed by atoms with Crippen molar-refractivity contribution in [1.82, 2.24) is 0 Å². The Bertz CT molecular complexity index is 3890. The van der Waals surface area contributed by atoms with Gasteiger partial charge in [0.1, 0.15) is 1.37 Å². The Balaban J connectivity index is 4.59. The smallest absolute Gasteiger partial charge is 0.106 e. The summed E-state index contributed by atoms with van der Waals surface area (Å²) < 4.78 is 6.57. The van der Waals surface area contributed by atoms with E-state index in [4.69, 9.17) is 7.79 Å². The monoisotopic (exact) mass is 723 g/mol. The molecule has 0 aliphatic carbocycles. The molecule has 0 saturated heterocycles. The minimum absolute atomic E-state index is 1.87. The molecule has 0 amide bonds. The molecule has 0 heteroatoms. The second kappa shape index (κ2) is 45.8. The third-order valence-electron chi connectivity index (χ3n) is 3.57. The van der Waals surface area contributed by atoms with Crippen LogP contribution in [0.3, 0.4) is 0 Å². The third kappa shape index (κ3) is 44.8. The standard InChI is InChI=1S/C60H2/c1-3-5-7-9-11-13-15-17-19-21-23-25-27-29-31-33-35-37-39-41-43-45-47-49-51-53-55-57-59-60-58-56-54-52-50-48-46-44-42-40-38-36-34-32-30-28-26-24-22-20-18-16-14-12-10-8-6-4-2/h1-2H/i1D. The van der Waals surface area contributed by atoms with Crippen molar-refractivity contribution in [1.29, 1.82) is 0 Å². The molecule has 0 rings (SSSR count). The maximum Gasteiger partial charge on any atom is 0.125 e. The van der Waals surface area contributed by atoms with Crippen LogP contribution in [0.5, 0.6) is 0 Å². The van der Waals surface area contributed by atoms with Crippen molar-refractivity contribution in [3.8, 4) is 356 Å². The van der Waals surface area contributed by atoms with E-state index in [1.165, 1.54) is 0 Å². The Kier molecular flexibility index (Phi) is 34.2. The quantitative estimate of drug-likeness (QED) is 0.317. The Morgan fingerprint density at radius 3 is 0.300 bits per heavy atom. The van der Waals surface area contributed by atoms with Crippen LogP contribution >= 0.6 is 0 Å². The van der Waals surface area contributed by atoms with Gasteiger partial charge >= 0.3 is 0 Å². The van der Waals surface area contributed by atoms with Gasteiger partial charge in [-0.1, -0.05) is 0 Å². The zero-order chi connectivity index (χ0) is 43.7. The topological polar surface area (TPSA) is 0 Å². The highest BCUT2D eigenvalue weighted by atomic mass is 13.6. The van der Waals surface area contributed by atoms with E-state index >= 15 is 0 Å². The zero-order valence-electron chi connectivity index (χ0n) is 31.1. The molecule has 0 aliphatic rings. The van der Waals surface area contributed by atoms with Crippen LogP contribution in [0.2, 0.25) is 0 Å². The molecule has 60 heavy (non-hydrogen) atoms. The highest BCUT2D eigenvalue weighted by molar-refractivity contribution is 5.52. The lowest BCUT2D eigenvalue weighted by Gasteiger charge is -1.57. The van der Waals surface area contributed by atoms with Crippen LogP contribution in [-0.4, -0.2) is 0 Å². The molecule has 0 spiro atoms. The number of terminal acetylenes is 2. The van der Waals surface area contributed by atoms with Crippen LogP contribution in [0.15, 0.2) is 0 Å². The van der Waals surface area contributed by atoms with E-state index in [1.54, 1.807) is 0 Å². The summed E-state index contributed by atoms with van der Waals surface area (Å²) in [6.45, 7) is 0. The molecule has 0 aromatic rings. The van der Waals surface area contributed by atoms with Crippen LogP contribution in [-0.2, 0) is 0 Å². The highest BCUT2D eigenvalue weighted by Gasteiger charge is 1.63. The summed E-state index contributed by atoms with van der Waals surface area (Å²) >= 11 is 0. The van der Waals surface area contributed by atoms with Gasteiger partial charge in [-0.15, -0.1) is 12.8 Å². The summed E-state index contributed by atoms with van der Waals surface area (Å²) in [7, 11) is 0. The van der Waals surface area contributed by atoms with Crippen LogP contribution in [0.4, 0.5) is 0 Å². The summed E-state index contributed by atoms with van der Waals surface area (Å²) in [6, 6.07) is 0. The van der Waals surface area contributed by atoms with Crippen molar-refractivity contribution >= 4 is 0 Å². The summed E-state index contributed by atoms with van der Waals surface area (Å²) in [6.07, 6.45) is 6.82. The van der Waals surface area contributed by atoms with Gasteiger partial charge in [-0.2, -0.15) is 0 Å². The van der Waals surface area contributed by atoms with E-state index in [2.05, 4.69) is 343 Å². The molecule has 0 atom stereocenters. The van der Waals surface area contributed by atoms with Gasteiger partial charge in [-0.3, -0.25) is 0 Å². The first kappa shape index (κ1) is 44.8. The van der Waals surface area contributed by atoms with E-state index in [0.29, 0.717) is 0 Å². The van der Waals surface area contributed by atoms with E-state index in [-0.39, 0.29) is 0 Å². The van der Waals surface area contributed by atoms with Crippen LogP contribution in [0.25, 0.3) is 0 Å². The number of hydrogen-bond donors (Lipinski definition) is 0. The molecule has 0 saturated carbocycles. The molecular weight excluding hydrogens is 721 g/mol. The third-order valence-corrected chi connectivity index (χ3v) is 3.57. The fourth-order valence-electron chi connectivity index (χ4n) is 1.75. The molecule has 0 heterocycles. The summed E-state index contributed by atoms with van der Waals surface area (Å²) in [5.74, 6) is 143. The molecule has 242 valence electrons. The maximum absolute atomic E-state index is 6.57. The van der Waals surface area contributed by atoms with Crippen molar-refractivity contribution < 1.29 is 1.37 Å². The highest BCUT2D eigenvalue weighted by Crippen LogP contribution is 1.63. The molecule has 0 unspecified atom stereocenters. The van der Waals surface area contributed by atoms with Crippen LogP contribution in [0, 0.1) is 356 Å². The fourth-order valence-corrected chi connectivity index (χ4v) is 1.75. The normalized spacial score (nSPS) is 4.02. The molecule has 0 aliphatic heterocycles. The van der Waals surface area contributed by atoms with Crippen LogP contribution < -0.4 is 0 Å². The Morgan fingerprint density at radius 1 is 0.133 bits per heavy atom. The van der Waals surface area contributed by atoms with Gasteiger partial charge in [0.2, 0.25) is 0 Å². The molecule has 0 fully saturated rings. The van der Waals surface area contributed by atoms with E-state index < -0.39 is 0 Å². The van der Waals surface area contributed by atoms with Crippen molar-refractivity contribution in [2.45, 2.75) is 0 Å². The average molecular weight is 724 g/mol. The molecule has 0 radical (unpaired) electrons. The van der Waals surface area contributed by atoms with E-state index in [0.717, 1.165) is 0 Å². The van der Waals surface area contributed by atoms with Gasteiger partial charge in [0.25, 0.3) is 0 Å². The van der Waals surface area contributed by atoms with Crippen molar-refractivity contribution in [2.24, 2.45) is 0 Å². The Morgan fingerprint density at radius 2 is 0.217 bits per heavy atom. The lowest BCUT2D eigenvalue weighted by atomic mass is 10.4. The van der Waals surface area contributed by atoms with Gasteiger partial charge in [0, 0.05) is 249 Å². The van der Waals surface area contributed by atoms with E-state index in [1.807, 2.05) is 6.40 Å². The minimum Gasteiger partial charge on any atom is -0.106 e. The molecule has 0 N–H and O–H groups in total.